The van der Waals surface area contributed by atoms with Crippen molar-refractivity contribution in [1.29, 1.82) is 0 Å². The summed E-state index contributed by atoms with van der Waals surface area (Å²) in [6, 6.07) is 22.7. The number of benzodiazepines with no additional fused rings is 1. The molecule has 1 aliphatic rings. The highest BCUT2D eigenvalue weighted by atomic mass is 16.4. The lowest BCUT2D eigenvalue weighted by atomic mass is 10.0. The van der Waals surface area contributed by atoms with Crippen LogP contribution in [0.1, 0.15) is 11.1 Å². The Morgan fingerprint density at radius 2 is 1.77 bits per heavy atom. The first-order valence-corrected chi connectivity index (χ1v) is 10.8. The molecule has 4 heterocycles. The predicted octanol–water partition coefficient (Wildman–Crippen LogP) is 3.55. The Labute approximate surface area is 199 Å². The highest BCUT2D eigenvalue weighted by Gasteiger charge is 2.27. The second kappa shape index (κ2) is 8.67. The van der Waals surface area contributed by atoms with E-state index in [2.05, 4.69) is 30.9 Å². The summed E-state index contributed by atoms with van der Waals surface area (Å²) < 4.78 is 7.41. The van der Waals surface area contributed by atoms with Crippen molar-refractivity contribution in [3.8, 4) is 17.3 Å². The molecule has 0 saturated carbocycles. The number of anilines is 2. The molecule has 0 bridgehead atoms. The summed E-state index contributed by atoms with van der Waals surface area (Å²) in [7, 11) is 0. The molecule has 3 aromatic heterocycles. The fraction of sp³-hybridized carbons (Fsp3) is 0.0400. The lowest BCUT2D eigenvalue weighted by Gasteiger charge is -2.11. The summed E-state index contributed by atoms with van der Waals surface area (Å²) in [5.74, 6) is 0.582. The van der Waals surface area contributed by atoms with Gasteiger partial charge in [-0.15, -0.1) is 5.10 Å². The van der Waals surface area contributed by atoms with Crippen molar-refractivity contribution in [3.63, 3.8) is 0 Å². The molecule has 1 atom stereocenters. The smallest absolute Gasteiger partial charge is 0.317 e. The molecule has 0 saturated heterocycles. The molecule has 0 radical (unpaired) electrons. The molecular formula is C25H18N8O2. The third kappa shape index (κ3) is 4.04. The Kier molecular flexibility index (Phi) is 5.08. The number of benzene rings is 2. The maximum Gasteiger partial charge on any atom is 0.317 e. The molecule has 1 aliphatic heterocycles. The highest BCUT2D eigenvalue weighted by Crippen LogP contribution is 2.25. The Hall–Kier alpha value is -5.12. The monoisotopic (exact) mass is 462 g/mol. The fourth-order valence-electron chi connectivity index (χ4n) is 3.75. The SMILES string of the molecule is O=C1Nc2ccccc2C(c2ccccc2)=NC1Nc1nnc(-c2ccc(-n3cccn3)nc2)o1. The van der Waals surface area contributed by atoms with Gasteiger partial charge in [-0.2, -0.15) is 5.10 Å². The van der Waals surface area contributed by atoms with Gasteiger partial charge < -0.3 is 15.1 Å². The molecule has 0 aliphatic carbocycles. The van der Waals surface area contributed by atoms with Crippen molar-refractivity contribution in [1.82, 2.24) is 25.0 Å². The van der Waals surface area contributed by atoms with Crippen molar-refractivity contribution in [2.24, 2.45) is 4.99 Å². The number of carbonyl (C=O) groups is 1. The van der Waals surface area contributed by atoms with Crippen LogP contribution in [0.25, 0.3) is 17.3 Å². The van der Waals surface area contributed by atoms with Gasteiger partial charge in [0.05, 0.1) is 17.0 Å². The maximum absolute atomic E-state index is 13.0. The maximum atomic E-state index is 13.0. The number of para-hydroxylation sites is 1. The average Bonchev–Trinajstić information content (AvgIpc) is 3.58. The van der Waals surface area contributed by atoms with Crippen LogP contribution in [0, 0.1) is 0 Å². The van der Waals surface area contributed by atoms with E-state index >= 15 is 0 Å². The number of pyridine rings is 1. The van der Waals surface area contributed by atoms with Gasteiger partial charge in [0, 0.05) is 29.7 Å². The summed E-state index contributed by atoms with van der Waals surface area (Å²) in [5.41, 5.74) is 3.70. The molecular weight excluding hydrogens is 444 g/mol. The fourth-order valence-corrected chi connectivity index (χ4v) is 3.75. The second-order valence-corrected chi connectivity index (χ2v) is 7.69. The lowest BCUT2D eigenvalue weighted by Crippen LogP contribution is -2.32. The van der Waals surface area contributed by atoms with E-state index < -0.39 is 6.17 Å². The molecule has 10 nitrogen and oxygen atoms in total. The van der Waals surface area contributed by atoms with Gasteiger partial charge in [0.2, 0.25) is 6.17 Å². The van der Waals surface area contributed by atoms with Crippen molar-refractivity contribution in [2.75, 3.05) is 10.6 Å². The van der Waals surface area contributed by atoms with E-state index in [-0.39, 0.29) is 17.8 Å². The van der Waals surface area contributed by atoms with Crippen molar-refractivity contribution >= 4 is 23.3 Å². The van der Waals surface area contributed by atoms with Crippen molar-refractivity contribution in [2.45, 2.75) is 6.17 Å². The molecule has 10 heteroatoms. The molecule has 35 heavy (non-hydrogen) atoms. The molecule has 0 spiro atoms. The number of nitrogens with zero attached hydrogens (tertiary/aromatic N) is 6. The van der Waals surface area contributed by atoms with E-state index in [1.807, 2.05) is 66.7 Å². The Balaban J connectivity index is 1.29. The minimum Gasteiger partial charge on any atom is -0.403 e. The Bertz CT molecular complexity index is 1510. The average molecular weight is 462 g/mol. The number of rotatable bonds is 5. The third-order valence-corrected chi connectivity index (χ3v) is 5.41. The topological polar surface area (TPSA) is 123 Å². The summed E-state index contributed by atoms with van der Waals surface area (Å²) in [5, 5.41) is 18.2. The van der Waals surface area contributed by atoms with Crippen LogP contribution in [0.3, 0.4) is 0 Å². The number of nitrogens with one attached hydrogen (secondary N) is 2. The van der Waals surface area contributed by atoms with E-state index in [0.717, 1.165) is 11.1 Å². The highest BCUT2D eigenvalue weighted by molar-refractivity contribution is 6.19. The number of amides is 1. The molecule has 1 unspecified atom stereocenters. The van der Waals surface area contributed by atoms with Gasteiger partial charge in [0.15, 0.2) is 5.82 Å². The number of aliphatic imine (C=N–C) groups is 1. The summed E-state index contributed by atoms with van der Waals surface area (Å²) in [6.07, 6.45) is 4.12. The number of hydrogen-bond acceptors (Lipinski definition) is 8. The summed E-state index contributed by atoms with van der Waals surface area (Å²) in [4.78, 5) is 22.1. The van der Waals surface area contributed by atoms with E-state index in [0.29, 0.717) is 22.8 Å². The number of fused-ring (bicyclic) bond motifs is 1. The number of carbonyl (C=O) groups excluding carboxylic acids is 1. The Morgan fingerprint density at radius 1 is 0.914 bits per heavy atom. The molecule has 1 amide bonds. The molecule has 0 fully saturated rings. The lowest BCUT2D eigenvalue weighted by molar-refractivity contribution is -0.116. The normalized spacial score (nSPS) is 15.0. The number of aromatic nitrogens is 5. The van der Waals surface area contributed by atoms with Crippen LogP contribution in [-0.4, -0.2) is 42.7 Å². The zero-order valence-corrected chi connectivity index (χ0v) is 18.2. The van der Waals surface area contributed by atoms with E-state index in [1.54, 1.807) is 29.3 Å². The zero-order chi connectivity index (χ0) is 23.6. The van der Waals surface area contributed by atoms with Gasteiger partial charge in [0.1, 0.15) is 0 Å². The van der Waals surface area contributed by atoms with Crippen LogP contribution < -0.4 is 10.6 Å². The minimum absolute atomic E-state index is 0.0680. The Morgan fingerprint density at radius 3 is 2.57 bits per heavy atom. The van der Waals surface area contributed by atoms with Crippen LogP contribution in [0.4, 0.5) is 11.7 Å². The standard InChI is InChI=1S/C25H18N8O2/c34-23-22(29-21(16-7-2-1-3-8-16)18-9-4-5-10-19(18)28-23)30-25-32-31-24(35-25)17-11-12-20(26-15-17)33-14-6-13-27-33/h1-15,22H,(H,28,34)(H,30,32). The van der Waals surface area contributed by atoms with Gasteiger partial charge in [-0.25, -0.2) is 14.7 Å². The predicted molar refractivity (Wildman–Crippen MR) is 129 cm³/mol. The molecule has 2 N–H and O–H groups in total. The van der Waals surface area contributed by atoms with Gasteiger partial charge in [-0.3, -0.25) is 4.79 Å². The largest absolute Gasteiger partial charge is 0.403 e. The summed E-state index contributed by atoms with van der Waals surface area (Å²) in [6.45, 7) is 0. The third-order valence-electron chi connectivity index (χ3n) is 5.41. The minimum atomic E-state index is -0.980. The first kappa shape index (κ1) is 20.5. The summed E-state index contributed by atoms with van der Waals surface area (Å²) >= 11 is 0. The molecule has 6 rings (SSSR count). The zero-order valence-electron chi connectivity index (χ0n) is 18.2. The first-order valence-electron chi connectivity index (χ1n) is 10.8. The van der Waals surface area contributed by atoms with Gasteiger partial charge in [-0.1, -0.05) is 53.6 Å². The van der Waals surface area contributed by atoms with Crippen LogP contribution >= 0.6 is 0 Å². The first-order chi connectivity index (χ1) is 17.2. The molecule has 170 valence electrons. The van der Waals surface area contributed by atoms with Gasteiger partial charge >= 0.3 is 6.01 Å². The van der Waals surface area contributed by atoms with E-state index in [9.17, 15) is 4.79 Å². The van der Waals surface area contributed by atoms with Crippen LogP contribution in [0.15, 0.2) is 101 Å². The van der Waals surface area contributed by atoms with E-state index in [4.69, 9.17) is 9.41 Å². The quantitative estimate of drug-likeness (QED) is 0.409. The van der Waals surface area contributed by atoms with Crippen LogP contribution in [0.5, 0.6) is 0 Å². The number of hydrogen-bond donors (Lipinski definition) is 2. The van der Waals surface area contributed by atoms with Crippen molar-refractivity contribution < 1.29 is 9.21 Å². The molecule has 2 aromatic carbocycles. The van der Waals surface area contributed by atoms with Gasteiger partial charge in [0.25, 0.3) is 11.8 Å². The van der Waals surface area contributed by atoms with Crippen LogP contribution in [0.2, 0.25) is 0 Å². The molecule has 5 aromatic rings. The second-order valence-electron chi connectivity index (χ2n) is 7.69. The van der Waals surface area contributed by atoms with Gasteiger partial charge in [-0.05, 0) is 24.3 Å². The van der Waals surface area contributed by atoms with Crippen LogP contribution in [-0.2, 0) is 4.79 Å². The van der Waals surface area contributed by atoms with E-state index in [1.165, 1.54) is 0 Å². The van der Waals surface area contributed by atoms with Crippen molar-refractivity contribution in [3.05, 3.63) is 103 Å².